The van der Waals surface area contributed by atoms with Crippen LogP contribution < -0.4 is 21.5 Å². The summed E-state index contributed by atoms with van der Waals surface area (Å²) in [6.45, 7) is 1.64. The standard InChI is InChI=1S/C11H15N5O.HI/c17-11(14-9-5-2-1-3-6-9)16-15-10-12-7-4-8-13-10;/h1-3,5-6H,4,7-8H2,(H2,12,13,15)(H2,14,16,17);1H. The Balaban J connectivity index is 0.00000162. The third-order valence-electron chi connectivity index (χ3n) is 2.22. The molecule has 4 N–H and O–H groups in total. The highest BCUT2D eigenvalue weighted by atomic mass is 127. The van der Waals surface area contributed by atoms with Crippen molar-refractivity contribution >= 4 is 41.7 Å². The number of carbonyl (C=O) groups is 1. The lowest BCUT2D eigenvalue weighted by atomic mass is 10.3. The van der Waals surface area contributed by atoms with Gasteiger partial charge in [-0.2, -0.15) is 0 Å². The molecule has 1 aliphatic heterocycles. The maximum atomic E-state index is 11.5. The molecule has 1 aromatic rings. The predicted octanol–water partition coefficient (Wildman–Crippen LogP) is 1.28. The van der Waals surface area contributed by atoms with Gasteiger partial charge >= 0.3 is 6.03 Å². The number of hydrogen-bond donors (Lipinski definition) is 4. The number of amides is 2. The first kappa shape index (κ1) is 14.6. The van der Waals surface area contributed by atoms with Crippen LogP contribution >= 0.6 is 24.0 Å². The van der Waals surface area contributed by atoms with E-state index in [1.165, 1.54) is 0 Å². The molecule has 1 heterocycles. The predicted molar refractivity (Wildman–Crippen MR) is 82.1 cm³/mol. The van der Waals surface area contributed by atoms with E-state index >= 15 is 0 Å². The molecule has 2 rings (SSSR count). The van der Waals surface area contributed by atoms with E-state index in [0.717, 1.165) is 25.2 Å². The maximum Gasteiger partial charge on any atom is 0.337 e. The second-order valence-electron chi connectivity index (χ2n) is 3.58. The van der Waals surface area contributed by atoms with E-state index in [2.05, 4.69) is 26.5 Å². The van der Waals surface area contributed by atoms with Crippen molar-refractivity contribution in [3.8, 4) is 0 Å². The zero-order valence-corrected chi connectivity index (χ0v) is 12.1. The van der Waals surface area contributed by atoms with Crippen molar-refractivity contribution in [3.63, 3.8) is 0 Å². The van der Waals surface area contributed by atoms with Crippen molar-refractivity contribution < 1.29 is 4.79 Å². The monoisotopic (exact) mass is 361 g/mol. The van der Waals surface area contributed by atoms with Gasteiger partial charge in [0.15, 0.2) is 0 Å². The highest BCUT2D eigenvalue weighted by molar-refractivity contribution is 14.0. The molecule has 1 aromatic carbocycles. The first-order chi connectivity index (χ1) is 8.34. The average molecular weight is 361 g/mol. The van der Waals surface area contributed by atoms with Gasteiger partial charge in [-0.3, -0.25) is 10.4 Å². The molecule has 0 saturated heterocycles. The Morgan fingerprint density at radius 2 is 2.06 bits per heavy atom. The minimum atomic E-state index is -0.328. The number of anilines is 1. The Labute approximate surface area is 123 Å². The quantitative estimate of drug-likeness (QED) is 0.450. The molecule has 2 amide bonds. The zero-order valence-electron chi connectivity index (χ0n) is 9.77. The summed E-state index contributed by atoms with van der Waals surface area (Å²) in [4.78, 5) is 15.6. The van der Waals surface area contributed by atoms with Crippen LogP contribution in [0.1, 0.15) is 6.42 Å². The van der Waals surface area contributed by atoms with Gasteiger partial charge < -0.3 is 10.6 Å². The van der Waals surface area contributed by atoms with E-state index in [0.29, 0.717) is 5.96 Å². The lowest BCUT2D eigenvalue weighted by Crippen LogP contribution is -2.50. The van der Waals surface area contributed by atoms with Crippen LogP contribution in [0.5, 0.6) is 0 Å². The number of benzene rings is 1. The lowest BCUT2D eigenvalue weighted by Gasteiger charge is -2.16. The van der Waals surface area contributed by atoms with Crippen LogP contribution in [0.4, 0.5) is 10.5 Å². The van der Waals surface area contributed by atoms with Crippen molar-refractivity contribution in [2.45, 2.75) is 6.42 Å². The number of aliphatic imine (C=N–C) groups is 1. The lowest BCUT2D eigenvalue weighted by molar-refractivity contribution is 0.250. The van der Waals surface area contributed by atoms with Gasteiger partial charge in [-0.1, -0.05) is 18.2 Å². The van der Waals surface area contributed by atoms with Crippen LogP contribution in [0.25, 0.3) is 0 Å². The van der Waals surface area contributed by atoms with Crippen LogP contribution in [0.15, 0.2) is 35.3 Å². The third-order valence-corrected chi connectivity index (χ3v) is 2.22. The summed E-state index contributed by atoms with van der Waals surface area (Å²) >= 11 is 0. The number of hydrogen-bond acceptors (Lipinski definition) is 4. The molecule has 7 heteroatoms. The Morgan fingerprint density at radius 3 is 2.72 bits per heavy atom. The first-order valence-electron chi connectivity index (χ1n) is 5.51. The highest BCUT2D eigenvalue weighted by Gasteiger charge is 2.05. The molecule has 0 atom stereocenters. The molecular weight excluding hydrogens is 345 g/mol. The molecule has 98 valence electrons. The molecule has 0 aromatic heterocycles. The first-order valence-corrected chi connectivity index (χ1v) is 5.51. The fraction of sp³-hybridized carbons (Fsp3) is 0.273. The van der Waals surface area contributed by atoms with Crippen molar-refractivity contribution in [2.75, 3.05) is 18.4 Å². The summed E-state index contributed by atoms with van der Waals surface area (Å²) in [7, 11) is 0. The average Bonchev–Trinajstić information content (AvgIpc) is 2.39. The number of halogens is 1. The largest absolute Gasteiger partial charge is 0.355 e. The summed E-state index contributed by atoms with van der Waals surface area (Å²) in [6, 6.07) is 8.91. The normalized spacial score (nSPS) is 13.4. The van der Waals surface area contributed by atoms with Gasteiger partial charge in [-0.15, -0.1) is 24.0 Å². The molecule has 0 radical (unpaired) electrons. The van der Waals surface area contributed by atoms with E-state index < -0.39 is 0 Å². The summed E-state index contributed by atoms with van der Waals surface area (Å²) in [5, 5.41) is 5.72. The maximum absolute atomic E-state index is 11.5. The molecule has 0 aliphatic carbocycles. The van der Waals surface area contributed by atoms with Crippen molar-refractivity contribution in [3.05, 3.63) is 30.3 Å². The van der Waals surface area contributed by atoms with Gasteiger partial charge in [0.25, 0.3) is 0 Å². The molecule has 18 heavy (non-hydrogen) atoms. The molecule has 0 unspecified atom stereocenters. The van der Waals surface area contributed by atoms with Gasteiger partial charge in [0.05, 0.1) is 0 Å². The van der Waals surface area contributed by atoms with Crippen LogP contribution in [0.2, 0.25) is 0 Å². The number of nitrogens with zero attached hydrogens (tertiary/aromatic N) is 1. The van der Waals surface area contributed by atoms with Crippen LogP contribution in [0.3, 0.4) is 0 Å². The molecule has 0 fully saturated rings. The molecule has 0 saturated carbocycles. The van der Waals surface area contributed by atoms with Crippen LogP contribution in [-0.2, 0) is 0 Å². The van der Waals surface area contributed by atoms with Gasteiger partial charge in [0, 0.05) is 18.8 Å². The Morgan fingerprint density at radius 1 is 1.28 bits per heavy atom. The second kappa shape index (κ2) is 7.75. The number of rotatable bonds is 1. The zero-order chi connectivity index (χ0) is 11.9. The summed E-state index contributed by atoms with van der Waals surface area (Å²) in [6.07, 6.45) is 1.02. The smallest absolute Gasteiger partial charge is 0.337 e. The number of para-hydroxylation sites is 1. The van der Waals surface area contributed by atoms with Gasteiger partial charge in [-0.05, 0) is 18.6 Å². The van der Waals surface area contributed by atoms with Crippen molar-refractivity contribution in [1.82, 2.24) is 16.2 Å². The van der Waals surface area contributed by atoms with Crippen molar-refractivity contribution in [2.24, 2.45) is 4.99 Å². The van der Waals surface area contributed by atoms with Gasteiger partial charge in [0.1, 0.15) is 0 Å². The summed E-state index contributed by atoms with van der Waals surface area (Å²) in [5.74, 6) is 0.597. The Bertz CT molecular complexity index is 409. The molecule has 0 bridgehead atoms. The molecular formula is C11H16IN5O. The number of nitrogens with one attached hydrogen (secondary N) is 4. The molecule has 1 aliphatic rings. The fourth-order valence-electron chi connectivity index (χ4n) is 1.42. The van der Waals surface area contributed by atoms with Crippen LogP contribution in [0, 0.1) is 0 Å². The van der Waals surface area contributed by atoms with Gasteiger partial charge in [-0.25, -0.2) is 10.2 Å². The van der Waals surface area contributed by atoms with Gasteiger partial charge in [0.2, 0.25) is 5.96 Å². The van der Waals surface area contributed by atoms with E-state index in [1.54, 1.807) is 0 Å². The molecule has 0 spiro atoms. The number of hydrazine groups is 1. The minimum absolute atomic E-state index is 0. The SMILES string of the molecule is I.O=C(NNC1=NCCCN1)Nc1ccccc1. The fourth-order valence-corrected chi connectivity index (χ4v) is 1.42. The number of guanidine groups is 1. The summed E-state index contributed by atoms with van der Waals surface area (Å²) < 4.78 is 0. The number of urea groups is 1. The topological polar surface area (TPSA) is 77.5 Å². The Hall–Kier alpha value is -1.51. The molecule has 6 nitrogen and oxygen atoms in total. The third kappa shape index (κ3) is 4.78. The van der Waals surface area contributed by atoms with E-state index in [4.69, 9.17) is 0 Å². The minimum Gasteiger partial charge on any atom is -0.355 e. The highest BCUT2D eigenvalue weighted by Crippen LogP contribution is 2.03. The number of carbonyl (C=O) groups excluding carboxylic acids is 1. The summed E-state index contributed by atoms with van der Waals surface area (Å²) in [5.41, 5.74) is 5.97. The van der Waals surface area contributed by atoms with E-state index in [1.807, 2.05) is 30.3 Å². The van der Waals surface area contributed by atoms with E-state index in [-0.39, 0.29) is 30.0 Å². The van der Waals surface area contributed by atoms with Crippen LogP contribution in [-0.4, -0.2) is 25.1 Å². The second-order valence-corrected chi connectivity index (χ2v) is 3.58. The Kier molecular flexibility index (Phi) is 6.26. The van der Waals surface area contributed by atoms with E-state index in [9.17, 15) is 4.79 Å². The van der Waals surface area contributed by atoms with Crippen molar-refractivity contribution in [1.29, 1.82) is 0 Å².